The fourth-order valence-corrected chi connectivity index (χ4v) is 1.84. The number of rotatable bonds is 6. The Bertz CT molecular complexity index is 508. The van der Waals surface area contributed by atoms with E-state index in [9.17, 15) is 9.18 Å². The number of amides is 1. The van der Waals surface area contributed by atoms with Crippen LogP contribution in [0.5, 0.6) is 0 Å². The van der Waals surface area contributed by atoms with Crippen molar-refractivity contribution in [3.8, 4) is 6.07 Å². The zero-order valence-corrected chi connectivity index (χ0v) is 11.9. The molecule has 0 spiro atoms. The van der Waals surface area contributed by atoms with Crippen LogP contribution in [0, 0.1) is 17.1 Å². The van der Waals surface area contributed by atoms with Gasteiger partial charge in [-0.15, -0.1) is 0 Å². The maximum Gasteiger partial charge on any atom is 0.222 e. The van der Waals surface area contributed by atoms with Crippen molar-refractivity contribution in [1.82, 2.24) is 4.90 Å². The zero-order chi connectivity index (χ0) is 15.1. The predicted molar refractivity (Wildman–Crippen MR) is 75.1 cm³/mol. The first-order valence-electron chi connectivity index (χ1n) is 6.69. The third kappa shape index (κ3) is 4.63. The highest BCUT2D eigenvalue weighted by molar-refractivity contribution is 5.76. The van der Waals surface area contributed by atoms with Crippen molar-refractivity contribution in [2.75, 3.05) is 6.54 Å². The van der Waals surface area contributed by atoms with Gasteiger partial charge in [-0.1, -0.05) is 6.07 Å². The van der Waals surface area contributed by atoms with Crippen molar-refractivity contribution < 1.29 is 9.18 Å². The first-order chi connectivity index (χ1) is 9.47. The van der Waals surface area contributed by atoms with E-state index in [1.165, 1.54) is 6.07 Å². The van der Waals surface area contributed by atoms with Crippen molar-refractivity contribution in [3.05, 3.63) is 35.1 Å². The number of carbonyl (C=O) groups excluding carboxylic acids is 1. The number of nitrogens with zero attached hydrogens (tertiary/aromatic N) is 2. The number of hydrogen-bond acceptors (Lipinski definition) is 3. The Morgan fingerprint density at radius 2 is 2.25 bits per heavy atom. The summed E-state index contributed by atoms with van der Waals surface area (Å²) in [6, 6.07) is 6.15. The molecule has 108 valence electrons. The SMILES string of the molecule is CCN(Cc1ccc(C#N)cc1F)C(=O)CCC(C)N. The topological polar surface area (TPSA) is 70.1 Å². The Labute approximate surface area is 119 Å². The summed E-state index contributed by atoms with van der Waals surface area (Å²) < 4.78 is 13.8. The zero-order valence-electron chi connectivity index (χ0n) is 11.9. The largest absolute Gasteiger partial charge is 0.339 e. The molecule has 2 N–H and O–H groups in total. The average Bonchev–Trinajstić information content (AvgIpc) is 2.43. The Morgan fingerprint density at radius 3 is 2.75 bits per heavy atom. The molecule has 0 aliphatic rings. The van der Waals surface area contributed by atoms with Gasteiger partial charge in [-0.2, -0.15) is 5.26 Å². The van der Waals surface area contributed by atoms with Crippen molar-refractivity contribution in [3.63, 3.8) is 0 Å². The molecule has 5 heteroatoms. The highest BCUT2D eigenvalue weighted by atomic mass is 19.1. The fraction of sp³-hybridized carbons (Fsp3) is 0.467. The first kappa shape index (κ1) is 16.1. The summed E-state index contributed by atoms with van der Waals surface area (Å²) in [6.45, 7) is 4.43. The fourth-order valence-electron chi connectivity index (χ4n) is 1.84. The van der Waals surface area contributed by atoms with Gasteiger partial charge < -0.3 is 10.6 Å². The molecule has 1 amide bonds. The van der Waals surface area contributed by atoms with Crippen molar-refractivity contribution in [2.24, 2.45) is 5.73 Å². The molecule has 0 saturated carbocycles. The summed E-state index contributed by atoms with van der Waals surface area (Å²) >= 11 is 0. The van der Waals surface area contributed by atoms with Crippen LogP contribution in [0.1, 0.15) is 37.8 Å². The van der Waals surface area contributed by atoms with Gasteiger partial charge in [-0.3, -0.25) is 4.79 Å². The minimum absolute atomic E-state index is 0.0238. The highest BCUT2D eigenvalue weighted by Gasteiger charge is 2.15. The Hall–Kier alpha value is -1.93. The molecule has 1 atom stereocenters. The molecule has 0 bridgehead atoms. The van der Waals surface area contributed by atoms with Crippen LogP contribution in [-0.2, 0) is 11.3 Å². The van der Waals surface area contributed by atoms with Gasteiger partial charge in [-0.25, -0.2) is 4.39 Å². The summed E-state index contributed by atoms with van der Waals surface area (Å²) in [5.74, 6) is -0.490. The van der Waals surface area contributed by atoms with E-state index >= 15 is 0 Å². The molecule has 1 unspecified atom stereocenters. The molecule has 0 aromatic heterocycles. The molecular formula is C15H20FN3O. The van der Waals surface area contributed by atoms with Gasteiger partial charge in [0.15, 0.2) is 0 Å². The van der Waals surface area contributed by atoms with Gasteiger partial charge in [0, 0.05) is 31.1 Å². The molecule has 1 aromatic rings. The molecule has 0 fully saturated rings. The Kier molecular flexibility index (Phi) is 6.13. The van der Waals surface area contributed by atoms with Crippen LogP contribution in [0.15, 0.2) is 18.2 Å². The van der Waals surface area contributed by atoms with E-state index in [1.54, 1.807) is 17.0 Å². The lowest BCUT2D eigenvalue weighted by Crippen LogP contribution is -2.31. The van der Waals surface area contributed by atoms with Gasteiger partial charge in [-0.05, 0) is 32.4 Å². The van der Waals surface area contributed by atoms with Crippen molar-refractivity contribution in [1.29, 1.82) is 5.26 Å². The summed E-state index contributed by atoms with van der Waals surface area (Å²) in [4.78, 5) is 13.6. The van der Waals surface area contributed by atoms with E-state index < -0.39 is 5.82 Å². The van der Waals surface area contributed by atoms with Crippen LogP contribution in [0.3, 0.4) is 0 Å². The highest BCUT2D eigenvalue weighted by Crippen LogP contribution is 2.13. The third-order valence-corrected chi connectivity index (χ3v) is 3.09. The summed E-state index contributed by atoms with van der Waals surface area (Å²) in [5, 5.41) is 8.70. The quantitative estimate of drug-likeness (QED) is 0.866. The smallest absolute Gasteiger partial charge is 0.222 e. The van der Waals surface area contributed by atoms with E-state index in [0.29, 0.717) is 24.9 Å². The molecule has 0 radical (unpaired) electrons. The molecule has 0 aliphatic carbocycles. The van der Waals surface area contributed by atoms with Gasteiger partial charge in [0.05, 0.1) is 11.6 Å². The molecule has 0 heterocycles. The number of hydrogen-bond donors (Lipinski definition) is 1. The molecule has 1 rings (SSSR count). The number of carbonyl (C=O) groups is 1. The van der Waals surface area contributed by atoms with Crippen LogP contribution in [0.2, 0.25) is 0 Å². The molecule has 1 aromatic carbocycles. The lowest BCUT2D eigenvalue weighted by molar-refractivity contribution is -0.131. The number of nitriles is 1. The lowest BCUT2D eigenvalue weighted by Gasteiger charge is -2.21. The van der Waals surface area contributed by atoms with E-state index in [2.05, 4.69) is 0 Å². The minimum atomic E-state index is -0.456. The van der Waals surface area contributed by atoms with Crippen LogP contribution in [-0.4, -0.2) is 23.4 Å². The van der Waals surface area contributed by atoms with Gasteiger partial charge in [0.2, 0.25) is 5.91 Å². The van der Waals surface area contributed by atoms with Crippen LogP contribution >= 0.6 is 0 Å². The maximum absolute atomic E-state index is 13.8. The Morgan fingerprint density at radius 1 is 1.55 bits per heavy atom. The van der Waals surface area contributed by atoms with Gasteiger partial charge in [0.1, 0.15) is 5.82 Å². The van der Waals surface area contributed by atoms with E-state index in [4.69, 9.17) is 11.0 Å². The standard InChI is InChI=1S/C15H20FN3O/c1-3-19(15(20)7-4-11(2)18)10-13-6-5-12(9-17)8-14(13)16/h5-6,8,11H,3-4,7,10,18H2,1-2H3. The molecule has 20 heavy (non-hydrogen) atoms. The van der Waals surface area contributed by atoms with Crippen molar-refractivity contribution >= 4 is 5.91 Å². The van der Waals surface area contributed by atoms with Gasteiger partial charge >= 0.3 is 0 Å². The van der Waals surface area contributed by atoms with Crippen molar-refractivity contribution in [2.45, 2.75) is 39.3 Å². The van der Waals surface area contributed by atoms with E-state index in [1.807, 2.05) is 19.9 Å². The van der Waals surface area contributed by atoms with E-state index in [-0.39, 0.29) is 24.1 Å². The lowest BCUT2D eigenvalue weighted by atomic mass is 10.1. The predicted octanol–water partition coefficient (Wildman–Crippen LogP) is 2.17. The minimum Gasteiger partial charge on any atom is -0.339 e. The summed E-state index contributed by atoms with van der Waals surface area (Å²) in [5.41, 5.74) is 6.32. The number of halogens is 1. The molecule has 4 nitrogen and oxygen atoms in total. The van der Waals surface area contributed by atoms with E-state index in [0.717, 1.165) is 0 Å². The van der Waals surface area contributed by atoms with Gasteiger partial charge in [0.25, 0.3) is 0 Å². The maximum atomic E-state index is 13.8. The van der Waals surface area contributed by atoms with Crippen LogP contribution in [0.25, 0.3) is 0 Å². The van der Waals surface area contributed by atoms with Crippen LogP contribution in [0.4, 0.5) is 4.39 Å². The number of benzene rings is 1. The molecule has 0 aliphatic heterocycles. The monoisotopic (exact) mass is 277 g/mol. The second-order valence-electron chi connectivity index (χ2n) is 4.84. The molecule has 0 saturated heterocycles. The second kappa shape index (κ2) is 7.61. The van der Waals surface area contributed by atoms with Crippen LogP contribution < -0.4 is 5.73 Å². The number of nitrogens with two attached hydrogens (primary N) is 1. The summed E-state index contributed by atoms with van der Waals surface area (Å²) in [7, 11) is 0. The average molecular weight is 277 g/mol. The third-order valence-electron chi connectivity index (χ3n) is 3.09. The molecular weight excluding hydrogens is 257 g/mol. The Balaban J connectivity index is 2.73. The second-order valence-corrected chi connectivity index (χ2v) is 4.84. The summed E-state index contributed by atoms with van der Waals surface area (Å²) in [6.07, 6.45) is 0.981. The normalized spacial score (nSPS) is 11.8. The first-order valence-corrected chi connectivity index (χ1v) is 6.69.